The molecule has 0 bridgehead atoms. The summed E-state index contributed by atoms with van der Waals surface area (Å²) in [5, 5.41) is 0. The molecule has 3 heteroatoms. The average Bonchev–Trinajstić information content (AvgIpc) is 3.20. The Hall–Kier alpha value is -1.25. The lowest BCUT2D eigenvalue weighted by Gasteiger charge is -2.25. The van der Waals surface area contributed by atoms with Gasteiger partial charge in [0.25, 0.3) is 0 Å². The largest absolute Gasteiger partial charge is 0.493 e. The molecule has 0 radical (unpaired) electrons. The molecule has 2 nitrogen and oxygen atoms in total. The maximum Gasteiger partial charge on any atom is 0.171 e. The van der Waals surface area contributed by atoms with Crippen LogP contribution in [0.15, 0.2) is 12.1 Å². The van der Waals surface area contributed by atoms with Crippen molar-refractivity contribution in [3.63, 3.8) is 0 Å². The molecule has 0 N–H and O–H groups in total. The second kappa shape index (κ2) is 6.02. The summed E-state index contributed by atoms with van der Waals surface area (Å²) in [6.45, 7) is 3.09. The van der Waals surface area contributed by atoms with Crippen molar-refractivity contribution in [3.8, 4) is 11.5 Å². The molecular formula is C17H23FO2. The molecule has 110 valence electrons. The molecule has 0 aromatic heterocycles. The Morgan fingerprint density at radius 1 is 1.05 bits per heavy atom. The van der Waals surface area contributed by atoms with Gasteiger partial charge in [0.2, 0.25) is 0 Å². The van der Waals surface area contributed by atoms with Crippen LogP contribution in [0.2, 0.25) is 0 Å². The number of ether oxygens (including phenoxy) is 2. The summed E-state index contributed by atoms with van der Waals surface area (Å²) in [7, 11) is 0. The molecule has 2 aliphatic rings. The summed E-state index contributed by atoms with van der Waals surface area (Å²) in [6, 6.07) is 3.53. The predicted octanol–water partition coefficient (Wildman–Crippen LogP) is 4.49. The standard InChI is InChI=1S/C17H23FO2/c1-12-15(20-11-14-5-6-14)7-8-16(17(12)18)19-10-9-13-3-2-4-13/h7-8,13-14H,2-6,9-11H2,1H3. The summed E-state index contributed by atoms with van der Waals surface area (Å²) in [5.41, 5.74) is 0.562. The Morgan fingerprint density at radius 2 is 1.80 bits per heavy atom. The number of benzene rings is 1. The molecule has 1 aromatic rings. The Kier molecular flexibility index (Phi) is 4.13. The number of halogens is 1. The quantitative estimate of drug-likeness (QED) is 0.731. The number of rotatable bonds is 7. The van der Waals surface area contributed by atoms with Gasteiger partial charge in [0.05, 0.1) is 13.2 Å². The third kappa shape index (κ3) is 3.25. The van der Waals surface area contributed by atoms with Crippen molar-refractivity contribution >= 4 is 0 Å². The highest BCUT2D eigenvalue weighted by Crippen LogP contribution is 2.33. The SMILES string of the molecule is Cc1c(OCC2CC2)ccc(OCCC2CCC2)c1F. The van der Waals surface area contributed by atoms with Gasteiger partial charge in [-0.15, -0.1) is 0 Å². The highest BCUT2D eigenvalue weighted by molar-refractivity contribution is 5.41. The van der Waals surface area contributed by atoms with Gasteiger partial charge in [0, 0.05) is 5.56 Å². The van der Waals surface area contributed by atoms with Gasteiger partial charge in [-0.1, -0.05) is 19.3 Å². The van der Waals surface area contributed by atoms with Crippen LogP contribution in [0.4, 0.5) is 4.39 Å². The van der Waals surface area contributed by atoms with Gasteiger partial charge in [-0.3, -0.25) is 0 Å². The smallest absolute Gasteiger partial charge is 0.171 e. The van der Waals surface area contributed by atoms with E-state index >= 15 is 0 Å². The number of hydrogen-bond donors (Lipinski definition) is 0. The lowest BCUT2D eigenvalue weighted by Crippen LogP contribution is -2.14. The molecule has 20 heavy (non-hydrogen) atoms. The minimum absolute atomic E-state index is 0.271. The van der Waals surface area contributed by atoms with Crippen LogP contribution < -0.4 is 9.47 Å². The first-order valence-corrected chi connectivity index (χ1v) is 7.78. The molecule has 2 aliphatic carbocycles. The van der Waals surface area contributed by atoms with E-state index in [2.05, 4.69) is 0 Å². The first-order valence-electron chi connectivity index (χ1n) is 7.78. The Morgan fingerprint density at radius 3 is 2.45 bits per heavy atom. The third-order valence-corrected chi connectivity index (χ3v) is 4.48. The second-order valence-electron chi connectivity index (χ2n) is 6.19. The minimum Gasteiger partial charge on any atom is -0.493 e. The summed E-state index contributed by atoms with van der Waals surface area (Å²) in [5.74, 6) is 2.21. The second-order valence-corrected chi connectivity index (χ2v) is 6.19. The zero-order chi connectivity index (χ0) is 13.9. The highest BCUT2D eigenvalue weighted by atomic mass is 19.1. The van der Waals surface area contributed by atoms with E-state index in [1.165, 1.54) is 32.1 Å². The van der Waals surface area contributed by atoms with Crippen LogP contribution in [0.1, 0.15) is 44.1 Å². The van der Waals surface area contributed by atoms with Crippen LogP contribution >= 0.6 is 0 Å². The van der Waals surface area contributed by atoms with Crippen molar-refractivity contribution in [2.75, 3.05) is 13.2 Å². The van der Waals surface area contributed by atoms with Crippen molar-refractivity contribution in [1.29, 1.82) is 0 Å². The van der Waals surface area contributed by atoms with Crippen LogP contribution in [-0.2, 0) is 0 Å². The topological polar surface area (TPSA) is 18.5 Å². The molecule has 0 amide bonds. The van der Waals surface area contributed by atoms with Crippen molar-refractivity contribution in [1.82, 2.24) is 0 Å². The van der Waals surface area contributed by atoms with Crippen LogP contribution in [0.5, 0.6) is 11.5 Å². The highest BCUT2D eigenvalue weighted by Gasteiger charge is 2.23. The monoisotopic (exact) mass is 278 g/mol. The van der Waals surface area contributed by atoms with Gasteiger partial charge >= 0.3 is 0 Å². The maximum atomic E-state index is 14.2. The van der Waals surface area contributed by atoms with Gasteiger partial charge in [0.1, 0.15) is 5.75 Å². The maximum absolute atomic E-state index is 14.2. The molecule has 0 saturated heterocycles. The molecule has 1 aromatic carbocycles. The van der Waals surface area contributed by atoms with Gasteiger partial charge in [-0.2, -0.15) is 0 Å². The lowest BCUT2D eigenvalue weighted by atomic mass is 9.83. The van der Waals surface area contributed by atoms with Crippen molar-refractivity contribution in [2.45, 2.75) is 45.4 Å². The molecule has 0 atom stereocenters. The fourth-order valence-corrected chi connectivity index (χ4v) is 2.52. The zero-order valence-corrected chi connectivity index (χ0v) is 12.2. The van der Waals surface area contributed by atoms with Gasteiger partial charge in [0.15, 0.2) is 11.6 Å². The Labute approximate surface area is 120 Å². The lowest BCUT2D eigenvalue weighted by molar-refractivity contribution is 0.216. The van der Waals surface area contributed by atoms with E-state index in [9.17, 15) is 4.39 Å². The summed E-state index contributed by atoms with van der Waals surface area (Å²) >= 11 is 0. The van der Waals surface area contributed by atoms with E-state index in [0.29, 0.717) is 36.2 Å². The van der Waals surface area contributed by atoms with E-state index in [4.69, 9.17) is 9.47 Å². The minimum atomic E-state index is -0.271. The summed E-state index contributed by atoms with van der Waals surface area (Å²) < 4.78 is 25.5. The molecule has 0 spiro atoms. The molecule has 3 rings (SSSR count). The Balaban J connectivity index is 1.54. The van der Waals surface area contributed by atoms with Crippen molar-refractivity contribution in [2.24, 2.45) is 11.8 Å². The van der Waals surface area contributed by atoms with E-state index in [1.54, 1.807) is 13.0 Å². The van der Waals surface area contributed by atoms with Crippen LogP contribution in [0.3, 0.4) is 0 Å². The van der Waals surface area contributed by atoms with Gasteiger partial charge in [-0.05, 0) is 50.2 Å². The first kappa shape index (κ1) is 13.7. The fourth-order valence-electron chi connectivity index (χ4n) is 2.52. The van der Waals surface area contributed by atoms with Crippen molar-refractivity contribution < 1.29 is 13.9 Å². The molecule has 0 heterocycles. The van der Waals surface area contributed by atoms with Crippen molar-refractivity contribution in [3.05, 3.63) is 23.5 Å². The molecule has 0 unspecified atom stereocenters. The summed E-state index contributed by atoms with van der Waals surface area (Å²) in [6.07, 6.45) is 7.47. The zero-order valence-electron chi connectivity index (χ0n) is 12.2. The van der Waals surface area contributed by atoms with Crippen LogP contribution in [0.25, 0.3) is 0 Å². The average molecular weight is 278 g/mol. The first-order chi connectivity index (χ1) is 9.74. The summed E-state index contributed by atoms with van der Waals surface area (Å²) in [4.78, 5) is 0. The van der Waals surface area contributed by atoms with E-state index in [1.807, 2.05) is 6.07 Å². The Bertz CT molecular complexity index is 464. The number of hydrogen-bond acceptors (Lipinski definition) is 2. The van der Waals surface area contributed by atoms with E-state index < -0.39 is 0 Å². The van der Waals surface area contributed by atoms with Gasteiger partial charge in [-0.25, -0.2) is 4.39 Å². The van der Waals surface area contributed by atoms with E-state index in [0.717, 1.165) is 12.3 Å². The molecular weight excluding hydrogens is 255 g/mol. The molecule has 2 saturated carbocycles. The fraction of sp³-hybridized carbons (Fsp3) is 0.647. The molecule has 0 aliphatic heterocycles. The normalized spacial score (nSPS) is 18.7. The molecule has 2 fully saturated rings. The van der Waals surface area contributed by atoms with Crippen LogP contribution in [-0.4, -0.2) is 13.2 Å². The predicted molar refractivity (Wildman–Crippen MR) is 76.8 cm³/mol. The van der Waals surface area contributed by atoms with Gasteiger partial charge < -0.3 is 9.47 Å². The van der Waals surface area contributed by atoms with E-state index in [-0.39, 0.29) is 5.82 Å². The third-order valence-electron chi connectivity index (χ3n) is 4.48. The van der Waals surface area contributed by atoms with Crippen LogP contribution in [0, 0.1) is 24.6 Å².